The molecule has 0 N–H and O–H groups in total. The summed E-state index contributed by atoms with van der Waals surface area (Å²) in [6.45, 7) is 6.56. The molecule has 1 aromatic rings. The van der Waals surface area contributed by atoms with Crippen LogP contribution in [0.2, 0.25) is 0 Å². The normalized spacial score (nSPS) is 20.6. The number of rotatable bonds is 2. The standard InChI is InChI=1S/C15H22N4O2/c1-12-2-3-14(17-16-12)18-6-8-19(9-7-18)15(20)13-4-10-21-11-5-13/h2-3,13H,4-11H2,1H3. The summed E-state index contributed by atoms with van der Waals surface area (Å²) in [5.41, 5.74) is 0.923. The Morgan fingerprint density at radius 3 is 2.48 bits per heavy atom. The third-order valence-electron chi connectivity index (χ3n) is 4.27. The van der Waals surface area contributed by atoms with Gasteiger partial charge in [-0.2, -0.15) is 5.10 Å². The third kappa shape index (κ3) is 3.32. The molecular weight excluding hydrogens is 268 g/mol. The molecule has 0 aliphatic carbocycles. The highest BCUT2D eigenvalue weighted by Gasteiger charge is 2.29. The Kier molecular flexibility index (Phi) is 4.34. The Morgan fingerprint density at radius 1 is 1.14 bits per heavy atom. The van der Waals surface area contributed by atoms with E-state index in [1.165, 1.54) is 0 Å². The number of hydrogen-bond acceptors (Lipinski definition) is 5. The van der Waals surface area contributed by atoms with Gasteiger partial charge in [-0.15, -0.1) is 5.10 Å². The summed E-state index contributed by atoms with van der Waals surface area (Å²) in [6.07, 6.45) is 1.73. The monoisotopic (exact) mass is 290 g/mol. The van der Waals surface area contributed by atoms with Crippen LogP contribution in [0.3, 0.4) is 0 Å². The van der Waals surface area contributed by atoms with Gasteiger partial charge in [0.1, 0.15) is 0 Å². The lowest BCUT2D eigenvalue weighted by Gasteiger charge is -2.37. The van der Waals surface area contributed by atoms with Crippen LogP contribution in [0.4, 0.5) is 5.82 Å². The molecule has 0 radical (unpaired) electrons. The maximum atomic E-state index is 12.5. The number of ether oxygens (including phenoxy) is 1. The molecule has 2 aliphatic rings. The van der Waals surface area contributed by atoms with E-state index in [2.05, 4.69) is 15.1 Å². The number of aromatic nitrogens is 2. The van der Waals surface area contributed by atoms with E-state index in [0.29, 0.717) is 5.91 Å². The molecule has 2 aliphatic heterocycles. The topological polar surface area (TPSA) is 58.6 Å². The fourth-order valence-corrected chi connectivity index (χ4v) is 2.92. The fraction of sp³-hybridized carbons (Fsp3) is 0.667. The molecule has 6 heteroatoms. The van der Waals surface area contributed by atoms with Gasteiger partial charge in [0.15, 0.2) is 5.82 Å². The first-order valence-electron chi connectivity index (χ1n) is 7.66. The first-order valence-corrected chi connectivity index (χ1v) is 7.66. The number of aryl methyl sites for hydroxylation is 1. The number of nitrogens with zero attached hydrogens (tertiary/aromatic N) is 4. The van der Waals surface area contributed by atoms with Crippen LogP contribution < -0.4 is 4.90 Å². The fourth-order valence-electron chi connectivity index (χ4n) is 2.92. The second-order valence-corrected chi connectivity index (χ2v) is 5.73. The molecule has 3 rings (SSSR count). The third-order valence-corrected chi connectivity index (χ3v) is 4.27. The van der Waals surface area contributed by atoms with Gasteiger partial charge >= 0.3 is 0 Å². The quantitative estimate of drug-likeness (QED) is 0.808. The van der Waals surface area contributed by atoms with Crippen LogP contribution in [0, 0.1) is 12.8 Å². The van der Waals surface area contributed by atoms with Gasteiger partial charge in [0, 0.05) is 45.3 Å². The van der Waals surface area contributed by atoms with E-state index in [4.69, 9.17) is 4.74 Å². The van der Waals surface area contributed by atoms with E-state index in [1.54, 1.807) is 0 Å². The zero-order valence-corrected chi connectivity index (χ0v) is 12.5. The SMILES string of the molecule is Cc1ccc(N2CCN(C(=O)C3CCOCC3)CC2)nn1. The van der Waals surface area contributed by atoms with Crippen molar-refractivity contribution in [2.45, 2.75) is 19.8 Å². The minimum atomic E-state index is 0.157. The molecule has 114 valence electrons. The van der Waals surface area contributed by atoms with Crippen LogP contribution >= 0.6 is 0 Å². The number of anilines is 1. The van der Waals surface area contributed by atoms with Gasteiger partial charge in [-0.3, -0.25) is 4.79 Å². The van der Waals surface area contributed by atoms with E-state index in [-0.39, 0.29) is 5.92 Å². The molecule has 6 nitrogen and oxygen atoms in total. The van der Waals surface area contributed by atoms with Crippen LogP contribution in [-0.2, 0) is 9.53 Å². The number of piperazine rings is 1. The van der Waals surface area contributed by atoms with Gasteiger partial charge in [-0.25, -0.2) is 0 Å². The van der Waals surface area contributed by atoms with Gasteiger partial charge in [0.05, 0.1) is 5.69 Å². The first kappa shape index (κ1) is 14.3. The summed E-state index contributed by atoms with van der Waals surface area (Å²) in [4.78, 5) is 16.7. The molecule has 0 spiro atoms. The number of hydrogen-bond donors (Lipinski definition) is 0. The van der Waals surface area contributed by atoms with Crippen molar-refractivity contribution in [1.29, 1.82) is 0 Å². The average molecular weight is 290 g/mol. The molecule has 2 saturated heterocycles. The molecule has 0 unspecified atom stereocenters. The van der Waals surface area contributed by atoms with Crippen LogP contribution in [0.1, 0.15) is 18.5 Å². The maximum Gasteiger partial charge on any atom is 0.225 e. The lowest BCUT2D eigenvalue weighted by atomic mass is 9.98. The second-order valence-electron chi connectivity index (χ2n) is 5.73. The number of carbonyl (C=O) groups is 1. The van der Waals surface area contributed by atoms with Crippen molar-refractivity contribution in [2.24, 2.45) is 5.92 Å². The van der Waals surface area contributed by atoms with Crippen molar-refractivity contribution in [2.75, 3.05) is 44.3 Å². The Balaban J connectivity index is 1.54. The minimum absolute atomic E-state index is 0.157. The molecule has 3 heterocycles. The summed E-state index contributed by atoms with van der Waals surface area (Å²) in [5, 5.41) is 8.31. The minimum Gasteiger partial charge on any atom is -0.381 e. The van der Waals surface area contributed by atoms with Crippen LogP contribution in [-0.4, -0.2) is 60.4 Å². The second kappa shape index (κ2) is 6.39. The number of carbonyl (C=O) groups excluding carboxylic acids is 1. The zero-order chi connectivity index (χ0) is 14.7. The molecule has 0 saturated carbocycles. The van der Waals surface area contributed by atoms with Crippen LogP contribution in [0.15, 0.2) is 12.1 Å². The summed E-state index contributed by atoms with van der Waals surface area (Å²) in [6, 6.07) is 3.97. The predicted molar refractivity (Wildman–Crippen MR) is 79.1 cm³/mol. The predicted octanol–water partition coefficient (Wildman–Crippen LogP) is 0.860. The summed E-state index contributed by atoms with van der Waals surface area (Å²) in [5.74, 6) is 1.36. The summed E-state index contributed by atoms with van der Waals surface area (Å²) in [7, 11) is 0. The Morgan fingerprint density at radius 2 is 1.86 bits per heavy atom. The van der Waals surface area contributed by atoms with E-state index in [0.717, 1.165) is 63.7 Å². The lowest BCUT2D eigenvalue weighted by molar-refractivity contribution is -0.138. The molecule has 0 atom stereocenters. The van der Waals surface area contributed by atoms with Crippen LogP contribution in [0.25, 0.3) is 0 Å². The molecule has 1 aromatic heterocycles. The Labute approximate surface area is 125 Å². The molecule has 2 fully saturated rings. The first-order chi connectivity index (χ1) is 10.2. The van der Waals surface area contributed by atoms with Crippen molar-refractivity contribution in [3.05, 3.63) is 17.8 Å². The summed E-state index contributed by atoms with van der Waals surface area (Å²) >= 11 is 0. The highest BCUT2D eigenvalue weighted by molar-refractivity contribution is 5.79. The van der Waals surface area contributed by atoms with E-state index in [9.17, 15) is 4.79 Å². The van der Waals surface area contributed by atoms with Crippen molar-refractivity contribution < 1.29 is 9.53 Å². The lowest BCUT2D eigenvalue weighted by Crippen LogP contribution is -2.51. The van der Waals surface area contributed by atoms with E-state index < -0.39 is 0 Å². The van der Waals surface area contributed by atoms with Gasteiger partial charge in [-0.05, 0) is 31.9 Å². The Bertz CT molecular complexity index is 477. The molecular formula is C15H22N4O2. The van der Waals surface area contributed by atoms with Crippen LogP contribution in [0.5, 0.6) is 0 Å². The van der Waals surface area contributed by atoms with Gasteiger partial charge in [0.2, 0.25) is 5.91 Å². The molecule has 0 aromatic carbocycles. The largest absolute Gasteiger partial charge is 0.381 e. The maximum absolute atomic E-state index is 12.5. The molecule has 21 heavy (non-hydrogen) atoms. The average Bonchev–Trinajstić information content (AvgIpc) is 2.56. The van der Waals surface area contributed by atoms with Crippen molar-refractivity contribution in [1.82, 2.24) is 15.1 Å². The summed E-state index contributed by atoms with van der Waals surface area (Å²) < 4.78 is 5.33. The van der Waals surface area contributed by atoms with Gasteiger partial charge in [-0.1, -0.05) is 0 Å². The smallest absolute Gasteiger partial charge is 0.225 e. The van der Waals surface area contributed by atoms with Gasteiger partial charge < -0.3 is 14.5 Å². The van der Waals surface area contributed by atoms with Crippen molar-refractivity contribution >= 4 is 11.7 Å². The number of amides is 1. The highest BCUT2D eigenvalue weighted by Crippen LogP contribution is 2.20. The van der Waals surface area contributed by atoms with E-state index in [1.807, 2.05) is 24.0 Å². The zero-order valence-electron chi connectivity index (χ0n) is 12.5. The highest BCUT2D eigenvalue weighted by atomic mass is 16.5. The Hall–Kier alpha value is -1.69. The van der Waals surface area contributed by atoms with Crippen molar-refractivity contribution in [3.8, 4) is 0 Å². The molecule has 0 bridgehead atoms. The van der Waals surface area contributed by atoms with Gasteiger partial charge in [0.25, 0.3) is 0 Å². The molecule has 1 amide bonds. The van der Waals surface area contributed by atoms with Crippen molar-refractivity contribution in [3.63, 3.8) is 0 Å². The van der Waals surface area contributed by atoms with E-state index >= 15 is 0 Å².